The molecule has 1 aliphatic heterocycles. The fourth-order valence-corrected chi connectivity index (χ4v) is 4.02. The highest BCUT2D eigenvalue weighted by Gasteiger charge is 2.19. The van der Waals surface area contributed by atoms with Crippen molar-refractivity contribution < 1.29 is 14.3 Å². The van der Waals surface area contributed by atoms with E-state index in [2.05, 4.69) is 41.0 Å². The molecule has 0 fully saturated rings. The molecular weight excluding hydrogens is 388 g/mol. The van der Waals surface area contributed by atoms with Crippen molar-refractivity contribution in [2.75, 3.05) is 6.79 Å². The molecule has 0 bridgehead atoms. The average molecular weight is 410 g/mol. The molecule has 2 heterocycles. The molecule has 0 aliphatic carbocycles. The van der Waals surface area contributed by atoms with Crippen molar-refractivity contribution in [1.29, 1.82) is 0 Å². The van der Waals surface area contributed by atoms with Crippen molar-refractivity contribution in [3.63, 3.8) is 0 Å². The highest BCUT2D eigenvalue weighted by molar-refractivity contribution is 5.95. The van der Waals surface area contributed by atoms with E-state index in [9.17, 15) is 4.79 Å². The first-order chi connectivity index (χ1) is 15.1. The van der Waals surface area contributed by atoms with E-state index in [0.717, 1.165) is 39.6 Å². The van der Waals surface area contributed by atoms with Gasteiger partial charge in [-0.25, -0.2) is 0 Å². The minimum Gasteiger partial charge on any atom is -0.454 e. The molecule has 0 spiro atoms. The van der Waals surface area contributed by atoms with Gasteiger partial charge in [-0.05, 0) is 47.4 Å². The fourth-order valence-electron chi connectivity index (χ4n) is 4.02. The third-order valence-electron chi connectivity index (χ3n) is 5.70. The van der Waals surface area contributed by atoms with Gasteiger partial charge in [0.1, 0.15) is 0 Å². The number of rotatable bonds is 5. The largest absolute Gasteiger partial charge is 0.454 e. The minimum atomic E-state index is -0.427. The summed E-state index contributed by atoms with van der Waals surface area (Å²) in [6, 6.07) is 26.4. The molecule has 5 nitrogen and oxygen atoms in total. The monoisotopic (exact) mass is 410 g/mol. The molecule has 4 aromatic rings. The Morgan fingerprint density at radius 1 is 0.871 bits per heavy atom. The van der Waals surface area contributed by atoms with E-state index in [1.807, 2.05) is 49.4 Å². The van der Waals surface area contributed by atoms with Crippen molar-refractivity contribution in [1.82, 2.24) is 4.57 Å². The molecule has 5 rings (SSSR count). The quantitative estimate of drug-likeness (QED) is 0.503. The van der Waals surface area contributed by atoms with Gasteiger partial charge in [0.15, 0.2) is 11.5 Å². The number of hydrogen-bond donors (Lipinski definition) is 1. The van der Waals surface area contributed by atoms with Crippen LogP contribution >= 0.6 is 0 Å². The predicted octanol–water partition coefficient (Wildman–Crippen LogP) is 5.01. The normalized spacial score (nSPS) is 12.2. The van der Waals surface area contributed by atoms with E-state index in [4.69, 9.17) is 15.2 Å². The van der Waals surface area contributed by atoms with Gasteiger partial charge in [0.2, 0.25) is 6.79 Å². The zero-order valence-corrected chi connectivity index (χ0v) is 17.2. The van der Waals surface area contributed by atoms with Crippen LogP contribution in [0.4, 0.5) is 0 Å². The number of carbonyl (C=O) groups is 1. The second-order valence-corrected chi connectivity index (χ2v) is 7.61. The van der Waals surface area contributed by atoms with Gasteiger partial charge in [0.25, 0.3) is 5.91 Å². The summed E-state index contributed by atoms with van der Waals surface area (Å²) in [5.41, 5.74) is 12.4. The molecule has 31 heavy (non-hydrogen) atoms. The van der Waals surface area contributed by atoms with E-state index in [0.29, 0.717) is 12.1 Å². The summed E-state index contributed by atoms with van der Waals surface area (Å²) in [6.07, 6.45) is 0. The lowest BCUT2D eigenvalue weighted by Gasteiger charge is -2.13. The molecule has 0 unspecified atom stereocenters. The van der Waals surface area contributed by atoms with E-state index in [1.54, 1.807) is 0 Å². The maximum absolute atomic E-state index is 12.0. The second-order valence-electron chi connectivity index (χ2n) is 7.61. The number of fused-ring (bicyclic) bond motifs is 1. The number of amides is 1. The van der Waals surface area contributed by atoms with Gasteiger partial charge in [-0.3, -0.25) is 4.79 Å². The molecule has 0 saturated heterocycles. The van der Waals surface area contributed by atoms with Gasteiger partial charge < -0.3 is 19.8 Å². The van der Waals surface area contributed by atoms with Crippen molar-refractivity contribution in [3.8, 4) is 33.9 Å². The first-order valence-electron chi connectivity index (χ1n) is 10.1. The summed E-state index contributed by atoms with van der Waals surface area (Å²) >= 11 is 0. The van der Waals surface area contributed by atoms with Crippen LogP contribution in [0.3, 0.4) is 0 Å². The number of ether oxygens (including phenoxy) is 2. The summed E-state index contributed by atoms with van der Waals surface area (Å²) in [5, 5.41) is 0. The van der Waals surface area contributed by atoms with E-state index < -0.39 is 5.91 Å². The van der Waals surface area contributed by atoms with Crippen molar-refractivity contribution in [3.05, 3.63) is 95.7 Å². The van der Waals surface area contributed by atoms with Crippen LogP contribution in [0, 0.1) is 6.92 Å². The van der Waals surface area contributed by atoms with E-state index >= 15 is 0 Å². The number of benzene rings is 3. The number of nitrogens with zero attached hydrogens (tertiary/aromatic N) is 1. The Morgan fingerprint density at radius 3 is 2.29 bits per heavy atom. The zero-order valence-electron chi connectivity index (χ0n) is 17.2. The maximum Gasteiger partial charge on any atom is 0.250 e. The van der Waals surface area contributed by atoms with Crippen molar-refractivity contribution in [2.45, 2.75) is 13.5 Å². The molecule has 0 atom stereocenters. The third-order valence-corrected chi connectivity index (χ3v) is 5.70. The van der Waals surface area contributed by atoms with Gasteiger partial charge in [-0.15, -0.1) is 0 Å². The van der Waals surface area contributed by atoms with Crippen molar-refractivity contribution >= 4 is 5.91 Å². The second kappa shape index (κ2) is 7.69. The van der Waals surface area contributed by atoms with Gasteiger partial charge >= 0.3 is 0 Å². The van der Waals surface area contributed by atoms with Gasteiger partial charge in [0, 0.05) is 17.9 Å². The zero-order chi connectivity index (χ0) is 21.4. The van der Waals surface area contributed by atoms with Crippen molar-refractivity contribution in [2.24, 2.45) is 5.73 Å². The molecular formula is C26H22N2O3. The van der Waals surface area contributed by atoms with Crippen LogP contribution in [0.1, 0.15) is 21.6 Å². The molecule has 3 aromatic carbocycles. The van der Waals surface area contributed by atoms with Gasteiger partial charge in [0.05, 0.1) is 5.56 Å². The molecule has 1 aromatic heterocycles. The Labute approximate surface area is 180 Å². The summed E-state index contributed by atoms with van der Waals surface area (Å²) in [7, 11) is 0. The Kier molecular flexibility index (Phi) is 4.71. The number of primary amides is 1. The first kappa shape index (κ1) is 19.0. The lowest BCUT2D eigenvalue weighted by molar-refractivity contribution is 0.0999. The Hall–Kier alpha value is -3.99. The third kappa shape index (κ3) is 3.55. The molecule has 0 saturated carbocycles. The Balaban J connectivity index is 1.54. The Bertz CT molecular complexity index is 1260. The molecule has 154 valence electrons. The van der Waals surface area contributed by atoms with Crippen LogP contribution in [0.15, 0.2) is 78.9 Å². The fraction of sp³-hybridized carbons (Fsp3) is 0.115. The molecule has 0 radical (unpaired) electrons. The van der Waals surface area contributed by atoms with E-state index in [-0.39, 0.29) is 6.79 Å². The smallest absolute Gasteiger partial charge is 0.250 e. The lowest BCUT2D eigenvalue weighted by Crippen LogP contribution is -2.12. The lowest BCUT2D eigenvalue weighted by atomic mass is 10.0. The molecule has 1 aliphatic rings. The van der Waals surface area contributed by atoms with Gasteiger partial charge in [-0.2, -0.15) is 0 Å². The van der Waals surface area contributed by atoms with Crippen LogP contribution in [-0.4, -0.2) is 17.3 Å². The number of nitrogens with two attached hydrogens (primary N) is 1. The maximum atomic E-state index is 12.0. The van der Waals surface area contributed by atoms with Crippen LogP contribution in [0.25, 0.3) is 22.4 Å². The van der Waals surface area contributed by atoms with Crippen LogP contribution in [-0.2, 0) is 6.54 Å². The minimum absolute atomic E-state index is 0.242. The summed E-state index contributed by atoms with van der Waals surface area (Å²) < 4.78 is 13.0. The average Bonchev–Trinajstić information content (AvgIpc) is 3.39. The molecule has 2 N–H and O–H groups in total. The molecule has 5 heteroatoms. The topological polar surface area (TPSA) is 66.5 Å². The Morgan fingerprint density at radius 2 is 1.55 bits per heavy atom. The molecule has 1 amide bonds. The van der Waals surface area contributed by atoms with E-state index in [1.165, 1.54) is 5.56 Å². The van der Waals surface area contributed by atoms with Crippen LogP contribution in [0.2, 0.25) is 0 Å². The first-order valence-corrected chi connectivity index (χ1v) is 10.1. The summed E-state index contributed by atoms with van der Waals surface area (Å²) in [4.78, 5) is 12.0. The van der Waals surface area contributed by atoms with Crippen LogP contribution < -0.4 is 15.2 Å². The van der Waals surface area contributed by atoms with Gasteiger partial charge in [-0.1, -0.05) is 60.7 Å². The highest BCUT2D eigenvalue weighted by Crippen LogP contribution is 2.34. The predicted molar refractivity (Wildman–Crippen MR) is 120 cm³/mol. The number of carbonyl (C=O) groups excluding carboxylic acids is 1. The highest BCUT2D eigenvalue weighted by atomic mass is 16.7. The SMILES string of the molecule is Cc1c(C(N)=O)cc(-c2ccc(-c3ccccc3)cc2)n1Cc1ccc2c(c1)OCO2. The van der Waals surface area contributed by atoms with Crippen LogP contribution in [0.5, 0.6) is 11.5 Å². The number of hydrogen-bond acceptors (Lipinski definition) is 3. The summed E-state index contributed by atoms with van der Waals surface area (Å²) in [6.45, 7) is 2.76. The number of aromatic nitrogens is 1. The summed E-state index contributed by atoms with van der Waals surface area (Å²) in [5.74, 6) is 1.07. The standard InChI is InChI=1S/C26H22N2O3/c1-17-22(26(27)29)14-23(21-10-8-20(9-11-21)19-5-3-2-4-6-19)28(17)15-18-7-12-24-25(13-18)31-16-30-24/h2-14H,15-16H2,1H3,(H2,27,29).